The summed E-state index contributed by atoms with van der Waals surface area (Å²) in [5, 5.41) is 10.5. The van der Waals surface area contributed by atoms with Gasteiger partial charge in [0.15, 0.2) is 0 Å². The SMILES string of the molecule is c1ccc(-c2cc(-c3cccc4c3sc3c4ccc4c5ccccc5c5ccccc5c43)cc(-c3ccccc3)n2)cc1. The van der Waals surface area contributed by atoms with Crippen molar-refractivity contribution in [2.75, 3.05) is 0 Å². The third-order valence-corrected chi connectivity index (χ3v) is 9.92. The van der Waals surface area contributed by atoms with Crippen LogP contribution in [0.3, 0.4) is 0 Å². The first-order valence-electron chi connectivity index (χ1n) is 14.6. The fourth-order valence-electron chi connectivity index (χ4n) is 6.67. The van der Waals surface area contributed by atoms with Crippen LogP contribution in [0.2, 0.25) is 0 Å². The third kappa shape index (κ3) is 3.81. The first-order valence-corrected chi connectivity index (χ1v) is 15.5. The number of fused-ring (bicyclic) bond motifs is 10. The van der Waals surface area contributed by atoms with Crippen LogP contribution in [-0.4, -0.2) is 4.98 Å². The van der Waals surface area contributed by atoms with E-state index in [1.165, 1.54) is 63.6 Å². The van der Waals surface area contributed by atoms with E-state index in [9.17, 15) is 0 Å². The lowest BCUT2D eigenvalue weighted by Gasteiger charge is -2.11. The van der Waals surface area contributed by atoms with Crippen LogP contribution in [0.15, 0.2) is 152 Å². The fourth-order valence-corrected chi connectivity index (χ4v) is 8.07. The first-order chi connectivity index (χ1) is 21.3. The Hall–Kier alpha value is -5.31. The molecule has 0 saturated carbocycles. The first kappa shape index (κ1) is 24.3. The van der Waals surface area contributed by atoms with Crippen molar-refractivity contribution >= 4 is 63.8 Å². The number of pyridine rings is 1. The Balaban J connectivity index is 1.37. The Morgan fingerprint density at radius 1 is 0.349 bits per heavy atom. The summed E-state index contributed by atoms with van der Waals surface area (Å²) in [6, 6.07) is 54.6. The van der Waals surface area contributed by atoms with Crippen molar-refractivity contribution in [1.29, 1.82) is 0 Å². The van der Waals surface area contributed by atoms with E-state index in [2.05, 4.69) is 152 Å². The smallest absolute Gasteiger partial charge is 0.0715 e. The minimum atomic E-state index is 0.984. The molecule has 1 nitrogen and oxygen atoms in total. The van der Waals surface area contributed by atoms with Gasteiger partial charge in [-0.05, 0) is 50.2 Å². The van der Waals surface area contributed by atoms with Crippen LogP contribution in [0.5, 0.6) is 0 Å². The maximum absolute atomic E-state index is 5.13. The highest BCUT2D eigenvalue weighted by atomic mass is 32.1. The summed E-state index contributed by atoms with van der Waals surface area (Å²) in [4.78, 5) is 5.13. The molecule has 0 bridgehead atoms. The van der Waals surface area contributed by atoms with Gasteiger partial charge in [-0.1, -0.05) is 140 Å². The van der Waals surface area contributed by atoms with E-state index in [1.54, 1.807) is 0 Å². The average molecular weight is 564 g/mol. The van der Waals surface area contributed by atoms with Crippen molar-refractivity contribution in [3.8, 4) is 33.6 Å². The minimum Gasteiger partial charge on any atom is -0.248 e. The van der Waals surface area contributed by atoms with Crippen LogP contribution in [0.25, 0.3) is 86.1 Å². The van der Waals surface area contributed by atoms with Gasteiger partial charge in [0.1, 0.15) is 0 Å². The van der Waals surface area contributed by atoms with E-state index in [0.29, 0.717) is 0 Å². The van der Waals surface area contributed by atoms with Crippen molar-refractivity contribution in [2.24, 2.45) is 0 Å². The molecule has 2 heteroatoms. The molecule has 9 rings (SSSR count). The molecular formula is C41H25NS. The van der Waals surface area contributed by atoms with Crippen LogP contribution < -0.4 is 0 Å². The molecule has 43 heavy (non-hydrogen) atoms. The molecule has 9 aromatic rings. The summed E-state index contributed by atoms with van der Waals surface area (Å²) in [7, 11) is 0. The standard InChI is InChI=1S/C41H25NS/c1-3-12-26(13-4-1)37-24-28(25-38(42-37)27-14-5-2-6-15-27)29-20-11-21-35-36-23-22-34-32-18-8-7-16-30(32)31-17-9-10-19-33(31)39(34)41(36)43-40(29)35/h1-25H. The van der Waals surface area contributed by atoms with Gasteiger partial charge in [-0.25, -0.2) is 4.98 Å². The Bertz CT molecular complexity index is 2400. The number of nitrogens with zero attached hydrogens (tertiary/aromatic N) is 1. The molecule has 0 radical (unpaired) electrons. The lowest BCUT2D eigenvalue weighted by Crippen LogP contribution is -1.91. The van der Waals surface area contributed by atoms with Gasteiger partial charge in [0.2, 0.25) is 0 Å². The number of thiophene rings is 1. The van der Waals surface area contributed by atoms with Gasteiger partial charge in [0.05, 0.1) is 11.4 Å². The minimum absolute atomic E-state index is 0.984. The molecule has 0 aliphatic carbocycles. The summed E-state index contributed by atoms with van der Waals surface area (Å²) in [6.45, 7) is 0. The fraction of sp³-hybridized carbons (Fsp3) is 0. The molecule has 0 fully saturated rings. The zero-order valence-corrected chi connectivity index (χ0v) is 24.1. The normalized spacial score (nSPS) is 11.7. The monoisotopic (exact) mass is 563 g/mol. The number of hydrogen-bond acceptors (Lipinski definition) is 2. The van der Waals surface area contributed by atoms with Gasteiger partial charge in [-0.15, -0.1) is 11.3 Å². The Kier molecular flexibility index (Phi) is 5.44. The van der Waals surface area contributed by atoms with Gasteiger partial charge in [0, 0.05) is 36.7 Å². The van der Waals surface area contributed by atoms with E-state index in [4.69, 9.17) is 4.98 Å². The van der Waals surface area contributed by atoms with Gasteiger partial charge in [-0.2, -0.15) is 0 Å². The van der Waals surface area contributed by atoms with Gasteiger partial charge >= 0.3 is 0 Å². The zero-order chi connectivity index (χ0) is 28.3. The number of hydrogen-bond donors (Lipinski definition) is 0. The summed E-state index contributed by atoms with van der Waals surface area (Å²) in [6.07, 6.45) is 0. The molecule has 2 aromatic heterocycles. The lowest BCUT2D eigenvalue weighted by atomic mass is 9.93. The Morgan fingerprint density at radius 3 is 1.44 bits per heavy atom. The average Bonchev–Trinajstić information content (AvgIpc) is 3.48. The van der Waals surface area contributed by atoms with E-state index >= 15 is 0 Å². The zero-order valence-electron chi connectivity index (χ0n) is 23.3. The van der Waals surface area contributed by atoms with Crippen LogP contribution in [-0.2, 0) is 0 Å². The van der Waals surface area contributed by atoms with E-state index in [0.717, 1.165) is 22.5 Å². The van der Waals surface area contributed by atoms with Crippen LogP contribution in [0.1, 0.15) is 0 Å². The topological polar surface area (TPSA) is 12.9 Å². The molecule has 0 spiro atoms. The van der Waals surface area contributed by atoms with Gasteiger partial charge in [-0.3, -0.25) is 0 Å². The van der Waals surface area contributed by atoms with Gasteiger partial charge < -0.3 is 0 Å². The summed E-state index contributed by atoms with van der Waals surface area (Å²) in [5.74, 6) is 0. The third-order valence-electron chi connectivity index (χ3n) is 8.65. The molecule has 200 valence electrons. The predicted molar refractivity (Wildman–Crippen MR) is 186 cm³/mol. The summed E-state index contributed by atoms with van der Waals surface area (Å²) >= 11 is 1.92. The number of rotatable bonds is 3. The van der Waals surface area contributed by atoms with Crippen molar-refractivity contribution in [3.63, 3.8) is 0 Å². The molecule has 0 saturated heterocycles. The molecule has 2 heterocycles. The Labute approximate surface area is 253 Å². The van der Waals surface area contributed by atoms with E-state index < -0.39 is 0 Å². The highest BCUT2D eigenvalue weighted by Gasteiger charge is 2.17. The Morgan fingerprint density at radius 2 is 0.814 bits per heavy atom. The molecular weight excluding hydrogens is 539 g/mol. The maximum atomic E-state index is 5.13. The maximum Gasteiger partial charge on any atom is 0.0715 e. The molecule has 7 aromatic carbocycles. The number of benzene rings is 7. The number of aromatic nitrogens is 1. The lowest BCUT2D eigenvalue weighted by molar-refractivity contribution is 1.32. The highest BCUT2D eigenvalue weighted by Crippen LogP contribution is 2.47. The largest absolute Gasteiger partial charge is 0.248 e. The molecule has 0 amide bonds. The van der Waals surface area contributed by atoms with Crippen molar-refractivity contribution < 1.29 is 0 Å². The molecule has 0 unspecified atom stereocenters. The van der Waals surface area contributed by atoms with Crippen LogP contribution in [0.4, 0.5) is 0 Å². The highest BCUT2D eigenvalue weighted by molar-refractivity contribution is 7.27. The molecule has 0 aliphatic heterocycles. The second-order valence-corrected chi connectivity index (χ2v) is 12.1. The summed E-state index contributed by atoms with van der Waals surface area (Å²) < 4.78 is 2.66. The van der Waals surface area contributed by atoms with Crippen molar-refractivity contribution in [3.05, 3.63) is 152 Å². The predicted octanol–water partition coefficient (Wildman–Crippen LogP) is 11.9. The van der Waals surface area contributed by atoms with Crippen molar-refractivity contribution in [1.82, 2.24) is 4.98 Å². The molecule has 0 N–H and O–H groups in total. The van der Waals surface area contributed by atoms with Gasteiger partial charge in [0.25, 0.3) is 0 Å². The summed E-state index contributed by atoms with van der Waals surface area (Å²) in [5.41, 5.74) is 6.64. The quantitative estimate of drug-likeness (QED) is 0.195. The van der Waals surface area contributed by atoms with Crippen LogP contribution in [0, 0.1) is 0 Å². The second kappa shape index (κ2) is 9.62. The van der Waals surface area contributed by atoms with E-state index in [-0.39, 0.29) is 0 Å². The van der Waals surface area contributed by atoms with Crippen LogP contribution >= 0.6 is 11.3 Å². The second-order valence-electron chi connectivity index (χ2n) is 11.1. The van der Waals surface area contributed by atoms with E-state index in [1.807, 2.05) is 11.3 Å². The molecule has 0 atom stereocenters. The van der Waals surface area contributed by atoms with Crippen molar-refractivity contribution in [2.45, 2.75) is 0 Å². The molecule has 0 aliphatic rings.